The van der Waals surface area contributed by atoms with E-state index in [2.05, 4.69) is 60.7 Å². The van der Waals surface area contributed by atoms with Crippen molar-refractivity contribution in [3.8, 4) is 0 Å². The molecule has 0 unspecified atom stereocenters. The summed E-state index contributed by atoms with van der Waals surface area (Å²) in [5, 5.41) is 0. The summed E-state index contributed by atoms with van der Waals surface area (Å²) in [7, 11) is 0. The van der Waals surface area contributed by atoms with Gasteiger partial charge in [-0.2, -0.15) is 0 Å². The Morgan fingerprint density at radius 2 is 1.31 bits per heavy atom. The molecule has 0 atom stereocenters. The minimum Gasteiger partial charge on any atom is -0.0805 e. The van der Waals surface area contributed by atoms with Crippen LogP contribution in [0.3, 0.4) is 0 Å². The van der Waals surface area contributed by atoms with E-state index in [0.29, 0.717) is 0 Å². The Kier molecular flexibility index (Phi) is 2.34. The largest absolute Gasteiger partial charge is 0.0805 e. The lowest BCUT2D eigenvalue weighted by atomic mass is 10.0. The average Bonchev–Trinajstić information content (AvgIpc) is 2.45. The molecule has 3 rings (SSSR count). The van der Waals surface area contributed by atoms with Crippen LogP contribution in [0.1, 0.15) is 24.0 Å². The molecule has 0 saturated heterocycles. The highest BCUT2D eigenvalue weighted by Crippen LogP contribution is 2.27. The van der Waals surface area contributed by atoms with Gasteiger partial charge in [-0.1, -0.05) is 60.7 Å². The first-order valence-electron chi connectivity index (χ1n) is 5.75. The Hall–Kier alpha value is -1.82. The van der Waals surface area contributed by atoms with Gasteiger partial charge in [-0.3, -0.25) is 0 Å². The fraction of sp³-hybridized carbons (Fsp3) is 0.125. The summed E-state index contributed by atoms with van der Waals surface area (Å²) in [4.78, 5) is 0. The Morgan fingerprint density at radius 3 is 1.88 bits per heavy atom. The van der Waals surface area contributed by atoms with Crippen molar-refractivity contribution in [3.63, 3.8) is 0 Å². The van der Waals surface area contributed by atoms with Crippen LogP contribution in [0.25, 0.3) is 12.2 Å². The molecule has 0 radical (unpaired) electrons. The summed E-state index contributed by atoms with van der Waals surface area (Å²) in [6, 6.07) is 8.57. The summed E-state index contributed by atoms with van der Waals surface area (Å²) in [5.74, 6) is 0. The standard InChI is InChI=1S/C16H14/c1-2-6-13-10-14(7-3-1)12-16-9-5-4-8-15(16)11-13/h2-9,11-12H,1,10H2/b6-2-,7-3-. The van der Waals surface area contributed by atoms with Crippen LogP contribution in [0.5, 0.6) is 0 Å². The van der Waals surface area contributed by atoms with Gasteiger partial charge in [0.1, 0.15) is 0 Å². The van der Waals surface area contributed by atoms with Crippen LogP contribution in [0.2, 0.25) is 0 Å². The van der Waals surface area contributed by atoms with Gasteiger partial charge in [-0.05, 0) is 35.1 Å². The molecule has 0 amide bonds. The maximum absolute atomic E-state index is 2.30. The third-order valence-corrected chi connectivity index (χ3v) is 3.02. The van der Waals surface area contributed by atoms with Crippen LogP contribution in [-0.4, -0.2) is 0 Å². The molecule has 0 nitrogen and oxygen atoms in total. The second-order valence-corrected chi connectivity index (χ2v) is 4.28. The van der Waals surface area contributed by atoms with Crippen molar-refractivity contribution in [2.75, 3.05) is 0 Å². The lowest BCUT2D eigenvalue weighted by Crippen LogP contribution is -1.83. The lowest BCUT2D eigenvalue weighted by molar-refractivity contribution is 1.20. The highest BCUT2D eigenvalue weighted by Gasteiger charge is 2.07. The van der Waals surface area contributed by atoms with Crippen molar-refractivity contribution >= 4 is 12.2 Å². The SMILES string of the molecule is C1=C2/C=C\C/C=C\C(=Cc3ccccc31)C2. The first-order chi connectivity index (χ1) is 7.92. The third kappa shape index (κ3) is 1.79. The number of hydrogen-bond acceptors (Lipinski definition) is 0. The van der Waals surface area contributed by atoms with E-state index in [-0.39, 0.29) is 0 Å². The van der Waals surface area contributed by atoms with E-state index in [1.807, 2.05) is 0 Å². The van der Waals surface area contributed by atoms with Gasteiger partial charge in [0, 0.05) is 0 Å². The Labute approximate surface area is 96.3 Å². The van der Waals surface area contributed by atoms with E-state index in [4.69, 9.17) is 0 Å². The fourth-order valence-electron chi connectivity index (χ4n) is 2.24. The zero-order valence-corrected chi connectivity index (χ0v) is 9.19. The third-order valence-electron chi connectivity index (χ3n) is 3.02. The van der Waals surface area contributed by atoms with Crippen LogP contribution in [0, 0.1) is 0 Å². The van der Waals surface area contributed by atoms with Gasteiger partial charge < -0.3 is 0 Å². The molecule has 0 heteroatoms. The van der Waals surface area contributed by atoms with Crippen LogP contribution in [-0.2, 0) is 0 Å². The molecule has 0 saturated carbocycles. The van der Waals surface area contributed by atoms with Gasteiger partial charge in [-0.15, -0.1) is 0 Å². The van der Waals surface area contributed by atoms with Crippen molar-refractivity contribution < 1.29 is 0 Å². The molecule has 1 aromatic carbocycles. The molecule has 0 N–H and O–H groups in total. The maximum atomic E-state index is 2.30. The fourth-order valence-corrected chi connectivity index (χ4v) is 2.24. The van der Waals surface area contributed by atoms with Gasteiger partial charge in [0.2, 0.25) is 0 Å². The molecule has 2 aliphatic rings. The molecule has 78 valence electrons. The molecule has 2 aliphatic carbocycles. The van der Waals surface area contributed by atoms with Gasteiger partial charge in [0.05, 0.1) is 0 Å². The highest BCUT2D eigenvalue weighted by molar-refractivity contribution is 5.73. The second-order valence-electron chi connectivity index (χ2n) is 4.28. The van der Waals surface area contributed by atoms with Crippen LogP contribution in [0.15, 0.2) is 59.7 Å². The minimum atomic E-state index is 1.03. The van der Waals surface area contributed by atoms with Crippen molar-refractivity contribution in [2.24, 2.45) is 0 Å². The summed E-state index contributed by atoms with van der Waals surface area (Å²) >= 11 is 0. The number of allylic oxidation sites excluding steroid dienone is 6. The van der Waals surface area contributed by atoms with Gasteiger partial charge in [-0.25, -0.2) is 0 Å². The summed E-state index contributed by atoms with van der Waals surface area (Å²) in [5.41, 5.74) is 5.46. The van der Waals surface area contributed by atoms with Crippen LogP contribution >= 0.6 is 0 Å². The van der Waals surface area contributed by atoms with E-state index in [1.54, 1.807) is 0 Å². The number of hydrogen-bond donors (Lipinski definition) is 0. The zero-order chi connectivity index (χ0) is 10.8. The van der Waals surface area contributed by atoms with Crippen molar-refractivity contribution in [1.29, 1.82) is 0 Å². The van der Waals surface area contributed by atoms with Gasteiger partial charge in [0.15, 0.2) is 0 Å². The second kappa shape index (κ2) is 3.97. The smallest absolute Gasteiger partial charge is 0.00256 e. The predicted octanol–water partition coefficient (Wildman–Crippen LogP) is 4.37. The summed E-state index contributed by atoms with van der Waals surface area (Å²) < 4.78 is 0. The van der Waals surface area contributed by atoms with Crippen molar-refractivity contribution in [2.45, 2.75) is 12.8 Å². The zero-order valence-electron chi connectivity index (χ0n) is 9.19. The molecule has 0 aromatic heterocycles. The lowest BCUT2D eigenvalue weighted by Gasteiger charge is -2.03. The number of rotatable bonds is 0. The van der Waals surface area contributed by atoms with Crippen molar-refractivity contribution in [3.05, 3.63) is 70.8 Å². The van der Waals surface area contributed by atoms with E-state index in [9.17, 15) is 0 Å². The summed E-state index contributed by atoms with van der Waals surface area (Å²) in [6.45, 7) is 0. The number of fused-ring (bicyclic) bond motifs is 3. The normalized spacial score (nSPS) is 21.8. The molecule has 0 heterocycles. The molecule has 0 aliphatic heterocycles. The predicted molar refractivity (Wildman–Crippen MR) is 69.9 cm³/mol. The first kappa shape index (κ1) is 9.41. The molecule has 16 heavy (non-hydrogen) atoms. The monoisotopic (exact) mass is 206 g/mol. The Morgan fingerprint density at radius 1 is 0.750 bits per heavy atom. The number of benzene rings is 1. The van der Waals surface area contributed by atoms with Gasteiger partial charge >= 0.3 is 0 Å². The van der Waals surface area contributed by atoms with E-state index < -0.39 is 0 Å². The average molecular weight is 206 g/mol. The molecule has 1 aromatic rings. The summed E-state index contributed by atoms with van der Waals surface area (Å²) in [6.07, 6.45) is 15.6. The van der Waals surface area contributed by atoms with E-state index >= 15 is 0 Å². The van der Waals surface area contributed by atoms with Crippen LogP contribution < -0.4 is 0 Å². The molecular formula is C16H14. The molecule has 0 spiro atoms. The minimum absolute atomic E-state index is 1.03. The van der Waals surface area contributed by atoms with E-state index in [0.717, 1.165) is 12.8 Å². The first-order valence-corrected chi connectivity index (χ1v) is 5.75. The van der Waals surface area contributed by atoms with Gasteiger partial charge in [0.25, 0.3) is 0 Å². The topological polar surface area (TPSA) is 0 Å². The maximum Gasteiger partial charge on any atom is -0.00256 e. The quantitative estimate of drug-likeness (QED) is 0.591. The highest BCUT2D eigenvalue weighted by atomic mass is 14.1. The Balaban J connectivity index is 2.21. The molecule has 2 bridgehead atoms. The van der Waals surface area contributed by atoms with E-state index in [1.165, 1.54) is 22.3 Å². The van der Waals surface area contributed by atoms with Crippen molar-refractivity contribution in [1.82, 2.24) is 0 Å². The Bertz CT molecular complexity index is 478. The molecule has 0 fully saturated rings. The molecular weight excluding hydrogens is 192 g/mol. The van der Waals surface area contributed by atoms with Crippen LogP contribution in [0.4, 0.5) is 0 Å².